The van der Waals surface area contributed by atoms with Crippen molar-refractivity contribution >= 4 is 23.2 Å². The molecule has 0 bridgehead atoms. The van der Waals surface area contributed by atoms with E-state index >= 15 is 0 Å². The second-order valence-corrected chi connectivity index (χ2v) is 5.67. The average molecular weight is 395 g/mol. The number of hydrogen-bond acceptors (Lipinski definition) is 4. The first-order valence-corrected chi connectivity index (χ1v) is 8.49. The minimum Gasteiger partial charge on any atom is -0.492 e. The van der Waals surface area contributed by atoms with Crippen molar-refractivity contribution in [2.24, 2.45) is 0 Å². The third-order valence-electron chi connectivity index (χ3n) is 3.52. The molecule has 0 heterocycles. The maximum Gasteiger partial charge on any atom is 0.405 e. The van der Waals surface area contributed by atoms with Gasteiger partial charge in [-0.2, -0.15) is 13.2 Å². The van der Waals surface area contributed by atoms with E-state index < -0.39 is 24.5 Å². The minimum absolute atomic E-state index is 0.00858. The van der Waals surface area contributed by atoms with Crippen LogP contribution in [0.2, 0.25) is 0 Å². The summed E-state index contributed by atoms with van der Waals surface area (Å²) in [4.78, 5) is 24.2. The van der Waals surface area contributed by atoms with Crippen LogP contribution in [0.25, 0.3) is 0 Å². The quantitative estimate of drug-likeness (QED) is 0.640. The largest absolute Gasteiger partial charge is 0.492 e. The normalized spacial score (nSPS) is 10.9. The van der Waals surface area contributed by atoms with E-state index in [0.29, 0.717) is 18.0 Å². The van der Waals surface area contributed by atoms with Crippen LogP contribution in [-0.4, -0.2) is 37.7 Å². The Kier molecular flexibility index (Phi) is 7.25. The molecule has 0 atom stereocenters. The Morgan fingerprint density at radius 1 is 1.00 bits per heavy atom. The Morgan fingerprint density at radius 2 is 1.64 bits per heavy atom. The summed E-state index contributed by atoms with van der Waals surface area (Å²) in [7, 11) is 0. The molecule has 9 heteroatoms. The van der Waals surface area contributed by atoms with E-state index in [9.17, 15) is 22.8 Å². The van der Waals surface area contributed by atoms with Crippen molar-refractivity contribution in [2.75, 3.05) is 30.3 Å². The molecule has 0 unspecified atom stereocenters. The molecule has 0 aliphatic carbocycles. The van der Waals surface area contributed by atoms with Crippen molar-refractivity contribution in [3.05, 3.63) is 54.1 Å². The number of carbonyl (C=O) groups excluding carboxylic acids is 2. The van der Waals surface area contributed by atoms with Crippen molar-refractivity contribution < 1.29 is 27.5 Å². The molecule has 2 rings (SSSR count). The van der Waals surface area contributed by atoms with Crippen LogP contribution in [0, 0.1) is 0 Å². The number of alkyl halides is 3. The van der Waals surface area contributed by atoms with Gasteiger partial charge in [-0.1, -0.05) is 24.3 Å². The smallest absolute Gasteiger partial charge is 0.405 e. The third kappa shape index (κ3) is 6.49. The summed E-state index contributed by atoms with van der Waals surface area (Å²) < 4.78 is 42.3. The molecule has 28 heavy (non-hydrogen) atoms. The highest BCUT2D eigenvalue weighted by atomic mass is 19.4. The number of benzene rings is 2. The zero-order valence-electron chi connectivity index (χ0n) is 15.1. The van der Waals surface area contributed by atoms with Crippen LogP contribution in [-0.2, 0) is 4.79 Å². The van der Waals surface area contributed by atoms with Gasteiger partial charge in [-0.05, 0) is 31.2 Å². The molecule has 0 spiro atoms. The summed E-state index contributed by atoms with van der Waals surface area (Å²) in [5, 5.41) is 7.26. The lowest BCUT2D eigenvalue weighted by Crippen LogP contribution is -2.34. The third-order valence-corrected chi connectivity index (χ3v) is 3.52. The molecular weight excluding hydrogens is 375 g/mol. The summed E-state index contributed by atoms with van der Waals surface area (Å²) >= 11 is 0. The molecule has 2 aromatic rings. The lowest BCUT2D eigenvalue weighted by molar-refractivity contribution is -0.123. The Bertz CT molecular complexity index is 825. The van der Waals surface area contributed by atoms with Crippen LogP contribution in [0.5, 0.6) is 5.75 Å². The maximum atomic E-state index is 12.3. The first-order valence-electron chi connectivity index (χ1n) is 8.49. The fraction of sp³-hybridized carbons (Fsp3) is 0.263. The van der Waals surface area contributed by atoms with Crippen molar-refractivity contribution in [3.8, 4) is 5.75 Å². The number of ether oxygens (including phenoxy) is 1. The minimum atomic E-state index is -4.51. The van der Waals surface area contributed by atoms with Crippen molar-refractivity contribution in [1.82, 2.24) is 5.32 Å². The standard InChI is InChI=1S/C19H20F3N3O3/c1-2-28-16-10-6-5-9-15(16)25-17(26)11-23-14-8-4-3-7-13(14)18(27)24-12-19(20,21)22/h3-10,23H,2,11-12H2,1H3,(H,24,27)(H,25,26). The van der Waals surface area contributed by atoms with Crippen molar-refractivity contribution in [2.45, 2.75) is 13.1 Å². The number of hydrogen-bond donors (Lipinski definition) is 3. The maximum absolute atomic E-state index is 12.3. The predicted octanol–water partition coefficient (Wildman–Crippen LogP) is 3.43. The van der Waals surface area contributed by atoms with Crippen LogP contribution in [0.1, 0.15) is 17.3 Å². The van der Waals surface area contributed by atoms with Gasteiger partial charge in [0.15, 0.2) is 0 Å². The van der Waals surface area contributed by atoms with Gasteiger partial charge in [0.05, 0.1) is 24.4 Å². The number of anilines is 2. The van der Waals surface area contributed by atoms with Crippen LogP contribution in [0.4, 0.5) is 24.5 Å². The Morgan fingerprint density at radius 3 is 2.32 bits per heavy atom. The van der Waals surface area contributed by atoms with Gasteiger partial charge < -0.3 is 20.7 Å². The summed E-state index contributed by atoms with van der Waals surface area (Å²) in [5.41, 5.74) is 0.747. The fourth-order valence-corrected chi connectivity index (χ4v) is 2.33. The summed E-state index contributed by atoms with van der Waals surface area (Å²) in [6.07, 6.45) is -4.51. The molecule has 0 radical (unpaired) electrons. The molecular formula is C19H20F3N3O3. The topological polar surface area (TPSA) is 79.5 Å². The second kappa shape index (κ2) is 9.63. The highest BCUT2D eigenvalue weighted by molar-refractivity contribution is 6.01. The van der Waals surface area contributed by atoms with E-state index in [1.807, 2.05) is 12.2 Å². The van der Waals surface area contributed by atoms with Gasteiger partial charge >= 0.3 is 6.18 Å². The first kappa shape index (κ1) is 21.1. The lowest BCUT2D eigenvalue weighted by atomic mass is 10.1. The molecule has 0 saturated carbocycles. The average Bonchev–Trinajstić information content (AvgIpc) is 2.66. The van der Waals surface area contributed by atoms with Crippen LogP contribution in [0.15, 0.2) is 48.5 Å². The van der Waals surface area contributed by atoms with Gasteiger partial charge in [0, 0.05) is 5.69 Å². The monoisotopic (exact) mass is 395 g/mol. The molecule has 3 N–H and O–H groups in total. The number of rotatable bonds is 8. The summed E-state index contributed by atoms with van der Waals surface area (Å²) in [5.74, 6) is -0.773. The van der Waals surface area contributed by atoms with Gasteiger partial charge in [-0.25, -0.2) is 0 Å². The molecule has 0 fully saturated rings. The Labute approximate surface area is 160 Å². The van der Waals surface area contributed by atoms with E-state index in [4.69, 9.17) is 4.74 Å². The second-order valence-electron chi connectivity index (χ2n) is 5.67. The van der Waals surface area contributed by atoms with E-state index in [1.54, 1.807) is 30.3 Å². The van der Waals surface area contributed by atoms with Gasteiger partial charge in [0.1, 0.15) is 12.3 Å². The number of carbonyl (C=O) groups is 2. The Hall–Kier alpha value is -3.23. The van der Waals surface area contributed by atoms with Gasteiger partial charge in [0.2, 0.25) is 5.91 Å². The van der Waals surface area contributed by atoms with Gasteiger partial charge in [0.25, 0.3) is 5.91 Å². The zero-order valence-corrected chi connectivity index (χ0v) is 15.1. The molecule has 0 aliphatic heterocycles. The highest BCUT2D eigenvalue weighted by Crippen LogP contribution is 2.23. The number of nitrogens with one attached hydrogen (secondary N) is 3. The highest BCUT2D eigenvalue weighted by Gasteiger charge is 2.28. The summed E-state index contributed by atoms with van der Waals surface area (Å²) in [6, 6.07) is 12.9. The van der Waals surface area contributed by atoms with Crippen molar-refractivity contribution in [1.29, 1.82) is 0 Å². The number of para-hydroxylation sites is 3. The van der Waals surface area contributed by atoms with Crippen LogP contribution >= 0.6 is 0 Å². The van der Waals surface area contributed by atoms with Crippen LogP contribution < -0.4 is 20.7 Å². The molecule has 6 nitrogen and oxygen atoms in total. The molecule has 2 amide bonds. The molecule has 0 saturated heterocycles. The van der Waals surface area contributed by atoms with Gasteiger partial charge in [-0.3, -0.25) is 9.59 Å². The first-order chi connectivity index (χ1) is 13.3. The van der Waals surface area contributed by atoms with E-state index in [0.717, 1.165) is 0 Å². The van der Waals surface area contributed by atoms with Crippen molar-refractivity contribution in [3.63, 3.8) is 0 Å². The van der Waals surface area contributed by atoms with E-state index in [1.165, 1.54) is 18.2 Å². The van der Waals surface area contributed by atoms with E-state index in [-0.39, 0.29) is 17.8 Å². The predicted molar refractivity (Wildman–Crippen MR) is 99.6 cm³/mol. The lowest BCUT2D eigenvalue weighted by Gasteiger charge is -2.14. The molecule has 0 aliphatic rings. The molecule has 2 aromatic carbocycles. The summed E-state index contributed by atoms with van der Waals surface area (Å²) in [6.45, 7) is 0.630. The fourth-order valence-electron chi connectivity index (χ4n) is 2.33. The van der Waals surface area contributed by atoms with Crippen LogP contribution in [0.3, 0.4) is 0 Å². The number of amides is 2. The molecule has 150 valence electrons. The SMILES string of the molecule is CCOc1ccccc1NC(=O)CNc1ccccc1C(=O)NCC(F)(F)F. The van der Waals surface area contributed by atoms with Gasteiger partial charge in [-0.15, -0.1) is 0 Å². The zero-order chi connectivity index (χ0) is 20.6. The Balaban J connectivity index is 1.99. The van der Waals surface area contributed by atoms with E-state index in [2.05, 4.69) is 10.6 Å². The molecule has 0 aromatic heterocycles. The number of halogens is 3.